The van der Waals surface area contributed by atoms with Gasteiger partial charge in [0.1, 0.15) is 29.8 Å². The van der Waals surface area contributed by atoms with Crippen LogP contribution < -0.4 is 4.74 Å². The zero-order valence-electron chi connectivity index (χ0n) is 16.7. The van der Waals surface area contributed by atoms with Crippen molar-refractivity contribution in [2.75, 3.05) is 13.2 Å². The van der Waals surface area contributed by atoms with E-state index in [1.54, 1.807) is 31.2 Å². The summed E-state index contributed by atoms with van der Waals surface area (Å²) in [5.74, 6) is 0.647. The molecule has 0 spiro atoms. The van der Waals surface area contributed by atoms with Gasteiger partial charge in [-0.3, -0.25) is 0 Å². The molecule has 1 heterocycles. The number of ether oxygens (including phenoxy) is 2. The van der Waals surface area contributed by atoms with Crippen LogP contribution in [0.4, 0.5) is 0 Å². The molecule has 0 fully saturated rings. The summed E-state index contributed by atoms with van der Waals surface area (Å²) in [6.45, 7) is 8.61. The molecule has 1 aromatic heterocycles. The maximum Gasteiger partial charge on any atom is 0.338 e. The molecular formula is C23H26O5. The van der Waals surface area contributed by atoms with Gasteiger partial charge in [0.15, 0.2) is 0 Å². The fourth-order valence-corrected chi connectivity index (χ4v) is 2.85. The zero-order chi connectivity index (χ0) is 20.3. The second-order valence-corrected chi connectivity index (χ2v) is 7.72. The number of fused-ring (bicyclic) bond motifs is 1. The number of furan rings is 1. The van der Waals surface area contributed by atoms with E-state index in [-0.39, 0.29) is 18.0 Å². The third-order valence-electron chi connectivity index (χ3n) is 4.50. The molecule has 0 saturated heterocycles. The number of carbonyl (C=O) groups is 1. The summed E-state index contributed by atoms with van der Waals surface area (Å²) in [5.41, 5.74) is 2.45. The van der Waals surface area contributed by atoms with Crippen LogP contribution >= 0.6 is 0 Å². The van der Waals surface area contributed by atoms with E-state index in [2.05, 4.69) is 26.8 Å². The van der Waals surface area contributed by atoms with E-state index in [4.69, 9.17) is 13.9 Å². The van der Waals surface area contributed by atoms with E-state index in [0.717, 1.165) is 11.0 Å². The largest absolute Gasteiger partial charge is 0.490 e. The summed E-state index contributed by atoms with van der Waals surface area (Å²) in [5, 5.41) is 11.4. The van der Waals surface area contributed by atoms with E-state index >= 15 is 0 Å². The fourth-order valence-electron chi connectivity index (χ4n) is 2.85. The Kier molecular flexibility index (Phi) is 5.75. The number of esters is 1. The highest BCUT2D eigenvalue weighted by Gasteiger charge is 2.18. The minimum atomic E-state index is -0.893. The lowest BCUT2D eigenvalue weighted by atomic mass is 9.86. The molecule has 0 aliphatic rings. The lowest BCUT2D eigenvalue weighted by molar-refractivity contribution is 0.0526. The van der Waals surface area contributed by atoms with Crippen LogP contribution in [-0.2, 0) is 10.2 Å². The molecule has 0 bridgehead atoms. The van der Waals surface area contributed by atoms with Crippen molar-refractivity contribution in [2.45, 2.75) is 39.2 Å². The maximum absolute atomic E-state index is 11.7. The van der Waals surface area contributed by atoms with Crippen LogP contribution in [-0.4, -0.2) is 24.3 Å². The summed E-state index contributed by atoms with van der Waals surface area (Å²) in [4.78, 5) is 11.7. The molecule has 0 aliphatic carbocycles. The first-order valence-corrected chi connectivity index (χ1v) is 9.40. The van der Waals surface area contributed by atoms with Gasteiger partial charge in [0, 0.05) is 5.39 Å². The van der Waals surface area contributed by atoms with Crippen molar-refractivity contribution in [2.24, 2.45) is 0 Å². The smallest absolute Gasteiger partial charge is 0.338 e. The molecule has 5 heteroatoms. The quantitative estimate of drug-likeness (QED) is 0.606. The van der Waals surface area contributed by atoms with E-state index in [9.17, 15) is 9.90 Å². The van der Waals surface area contributed by atoms with Crippen LogP contribution in [0.1, 0.15) is 55.5 Å². The Bertz CT molecular complexity index is 947. The average Bonchev–Trinajstić information content (AvgIpc) is 3.09. The first-order chi connectivity index (χ1) is 13.3. The summed E-state index contributed by atoms with van der Waals surface area (Å²) in [6, 6.07) is 14.5. The van der Waals surface area contributed by atoms with Crippen LogP contribution in [0, 0.1) is 0 Å². The number of benzene rings is 2. The molecule has 2 aromatic carbocycles. The SMILES string of the molecule is CCOC(=O)c1ccc(OCC(O)c2cc3cc(C(C)(C)C)ccc3o2)cc1. The topological polar surface area (TPSA) is 68.9 Å². The molecule has 5 nitrogen and oxygen atoms in total. The van der Waals surface area contributed by atoms with Gasteiger partial charge in [-0.15, -0.1) is 0 Å². The summed E-state index contributed by atoms with van der Waals surface area (Å²) < 4.78 is 16.4. The number of hydrogen-bond acceptors (Lipinski definition) is 5. The number of carbonyl (C=O) groups excluding carboxylic acids is 1. The zero-order valence-corrected chi connectivity index (χ0v) is 16.7. The third kappa shape index (κ3) is 4.54. The molecule has 148 valence electrons. The Balaban J connectivity index is 1.66. The van der Waals surface area contributed by atoms with Gasteiger partial charge in [-0.05, 0) is 60.4 Å². The Hall–Kier alpha value is -2.79. The summed E-state index contributed by atoms with van der Waals surface area (Å²) >= 11 is 0. The molecule has 1 N–H and O–H groups in total. The van der Waals surface area contributed by atoms with Crippen molar-refractivity contribution in [1.29, 1.82) is 0 Å². The van der Waals surface area contributed by atoms with Gasteiger partial charge in [0.25, 0.3) is 0 Å². The van der Waals surface area contributed by atoms with Crippen LogP contribution in [0.25, 0.3) is 11.0 Å². The highest BCUT2D eigenvalue weighted by atomic mass is 16.5. The fraction of sp³-hybridized carbons (Fsp3) is 0.348. The molecule has 3 aromatic rings. The standard InChI is InChI=1S/C23H26O5/c1-5-26-22(25)15-6-9-18(10-7-15)27-14-19(24)21-13-16-12-17(23(2,3)4)8-11-20(16)28-21/h6-13,19,24H,5,14H2,1-4H3. The van der Waals surface area contributed by atoms with Crippen LogP contribution in [0.2, 0.25) is 0 Å². The molecular weight excluding hydrogens is 356 g/mol. The minimum absolute atomic E-state index is 0.0447. The molecule has 0 saturated carbocycles. The normalized spacial score (nSPS) is 12.8. The molecule has 0 radical (unpaired) electrons. The van der Waals surface area contributed by atoms with E-state index in [0.29, 0.717) is 23.7 Å². The van der Waals surface area contributed by atoms with Crippen molar-refractivity contribution in [3.63, 3.8) is 0 Å². The van der Waals surface area contributed by atoms with E-state index < -0.39 is 6.10 Å². The Morgan fingerprint density at radius 1 is 1.11 bits per heavy atom. The van der Waals surface area contributed by atoms with E-state index in [1.165, 1.54) is 5.56 Å². The lowest BCUT2D eigenvalue weighted by Gasteiger charge is -2.18. The Morgan fingerprint density at radius 3 is 2.46 bits per heavy atom. The van der Waals surface area contributed by atoms with Gasteiger partial charge in [0.2, 0.25) is 0 Å². The minimum Gasteiger partial charge on any atom is -0.490 e. The van der Waals surface area contributed by atoms with Gasteiger partial charge < -0.3 is 19.0 Å². The van der Waals surface area contributed by atoms with Crippen LogP contribution in [0.3, 0.4) is 0 Å². The lowest BCUT2D eigenvalue weighted by Crippen LogP contribution is -2.10. The highest BCUT2D eigenvalue weighted by molar-refractivity contribution is 5.89. The molecule has 0 amide bonds. The van der Waals surface area contributed by atoms with Gasteiger partial charge in [-0.1, -0.05) is 26.8 Å². The number of aliphatic hydroxyl groups is 1. The second kappa shape index (κ2) is 8.07. The summed E-state index contributed by atoms with van der Waals surface area (Å²) in [7, 11) is 0. The third-order valence-corrected chi connectivity index (χ3v) is 4.50. The Morgan fingerprint density at radius 2 is 1.82 bits per heavy atom. The second-order valence-electron chi connectivity index (χ2n) is 7.72. The van der Waals surface area contributed by atoms with Gasteiger partial charge in [-0.25, -0.2) is 4.79 Å². The first-order valence-electron chi connectivity index (χ1n) is 9.40. The average molecular weight is 382 g/mol. The van der Waals surface area contributed by atoms with Gasteiger partial charge >= 0.3 is 5.97 Å². The molecule has 1 atom stereocenters. The molecule has 0 aliphatic heterocycles. The predicted molar refractivity (Wildman–Crippen MR) is 108 cm³/mol. The molecule has 3 rings (SSSR count). The van der Waals surface area contributed by atoms with Gasteiger partial charge in [0.05, 0.1) is 12.2 Å². The van der Waals surface area contributed by atoms with Crippen molar-refractivity contribution in [3.8, 4) is 5.75 Å². The molecule has 28 heavy (non-hydrogen) atoms. The first kappa shape index (κ1) is 20.0. The highest BCUT2D eigenvalue weighted by Crippen LogP contribution is 2.30. The predicted octanol–water partition coefficient (Wildman–Crippen LogP) is 5.02. The number of hydrogen-bond donors (Lipinski definition) is 1. The number of rotatable bonds is 6. The maximum atomic E-state index is 11.7. The van der Waals surface area contributed by atoms with E-state index in [1.807, 2.05) is 18.2 Å². The van der Waals surface area contributed by atoms with Crippen LogP contribution in [0.15, 0.2) is 52.9 Å². The van der Waals surface area contributed by atoms with Crippen LogP contribution in [0.5, 0.6) is 5.75 Å². The summed E-state index contributed by atoms with van der Waals surface area (Å²) in [6.07, 6.45) is -0.893. The van der Waals surface area contributed by atoms with Crippen molar-refractivity contribution >= 4 is 16.9 Å². The Labute approximate surface area is 164 Å². The van der Waals surface area contributed by atoms with Crippen molar-refractivity contribution in [1.82, 2.24) is 0 Å². The molecule has 1 unspecified atom stereocenters. The number of aliphatic hydroxyl groups excluding tert-OH is 1. The monoisotopic (exact) mass is 382 g/mol. The van der Waals surface area contributed by atoms with Gasteiger partial charge in [-0.2, -0.15) is 0 Å². The van der Waals surface area contributed by atoms with Crippen molar-refractivity contribution < 1.29 is 23.8 Å². The van der Waals surface area contributed by atoms with Crippen molar-refractivity contribution in [3.05, 3.63) is 65.4 Å².